The highest BCUT2D eigenvalue weighted by molar-refractivity contribution is 5.99. The number of fused-ring (bicyclic) bond motifs is 3. The van der Waals surface area contributed by atoms with Gasteiger partial charge in [0, 0.05) is 0 Å². The van der Waals surface area contributed by atoms with Crippen LogP contribution < -0.4 is 11.1 Å². The van der Waals surface area contributed by atoms with Gasteiger partial charge in [-0.3, -0.25) is 14.4 Å². The van der Waals surface area contributed by atoms with Crippen LogP contribution in [0.25, 0.3) is 22.1 Å². The van der Waals surface area contributed by atoms with Crippen LogP contribution in [0.1, 0.15) is 10.5 Å². The average Bonchev–Trinajstić information content (AvgIpc) is 2.39. The van der Waals surface area contributed by atoms with E-state index in [1.807, 2.05) is 0 Å². The molecule has 18 heavy (non-hydrogen) atoms. The van der Waals surface area contributed by atoms with Crippen LogP contribution >= 0.6 is 0 Å². The van der Waals surface area contributed by atoms with Gasteiger partial charge in [0.15, 0.2) is 6.29 Å². The number of aldehydes is 1. The van der Waals surface area contributed by atoms with E-state index in [1.54, 1.807) is 12.1 Å². The molecule has 1 aromatic carbocycles. The summed E-state index contributed by atoms with van der Waals surface area (Å²) >= 11 is 0. The number of aromatic amines is 2. The van der Waals surface area contributed by atoms with E-state index in [2.05, 4.69) is 19.9 Å². The van der Waals surface area contributed by atoms with Crippen molar-refractivity contribution in [2.75, 3.05) is 0 Å². The van der Waals surface area contributed by atoms with Gasteiger partial charge in [0.25, 0.3) is 0 Å². The number of hydrogen-bond acceptors (Lipinski definition) is 5. The molecule has 7 nitrogen and oxygen atoms in total. The maximum absolute atomic E-state index is 11.3. The van der Waals surface area contributed by atoms with Crippen molar-refractivity contribution >= 4 is 28.4 Å². The molecule has 7 heteroatoms. The van der Waals surface area contributed by atoms with Crippen molar-refractivity contribution in [1.82, 2.24) is 19.9 Å². The topological polar surface area (TPSA) is 109 Å². The summed E-state index contributed by atoms with van der Waals surface area (Å²) in [5.41, 5.74) is 0.466. The van der Waals surface area contributed by atoms with Crippen LogP contribution in [0.2, 0.25) is 0 Å². The van der Waals surface area contributed by atoms with Crippen molar-refractivity contribution in [3.63, 3.8) is 0 Å². The van der Waals surface area contributed by atoms with Crippen molar-refractivity contribution in [3.8, 4) is 0 Å². The first-order chi connectivity index (χ1) is 8.69. The SMILES string of the molecule is O=Cc1cnc2c(ccc3[nH]c(=O)c(=O)[nH]c32)n1. The minimum absolute atomic E-state index is 0.202. The van der Waals surface area contributed by atoms with E-state index >= 15 is 0 Å². The minimum Gasteiger partial charge on any atom is -0.316 e. The van der Waals surface area contributed by atoms with E-state index in [0.29, 0.717) is 28.4 Å². The van der Waals surface area contributed by atoms with Crippen LogP contribution in [-0.4, -0.2) is 26.2 Å². The smallest absolute Gasteiger partial charge is 0.314 e. The standard InChI is InChI=1S/C11H6N4O3/c16-4-5-3-12-8-6(13-5)1-2-7-9(8)15-11(18)10(17)14-7/h1-4H,(H,14,17)(H,15,18). The highest BCUT2D eigenvalue weighted by Gasteiger charge is 2.06. The van der Waals surface area contributed by atoms with Gasteiger partial charge in [0.05, 0.1) is 22.7 Å². The number of nitrogens with one attached hydrogen (secondary N) is 2. The number of carbonyl (C=O) groups excluding carboxylic acids is 1. The van der Waals surface area contributed by atoms with E-state index in [4.69, 9.17) is 0 Å². The third kappa shape index (κ3) is 1.41. The van der Waals surface area contributed by atoms with Crippen LogP contribution in [0.3, 0.4) is 0 Å². The Morgan fingerprint density at radius 3 is 2.67 bits per heavy atom. The molecule has 0 bridgehead atoms. The fraction of sp³-hybridized carbons (Fsp3) is 0. The largest absolute Gasteiger partial charge is 0.316 e. The van der Waals surface area contributed by atoms with E-state index in [9.17, 15) is 14.4 Å². The molecule has 3 aromatic rings. The van der Waals surface area contributed by atoms with Gasteiger partial charge in [-0.1, -0.05) is 0 Å². The lowest BCUT2D eigenvalue weighted by Gasteiger charge is -2.01. The van der Waals surface area contributed by atoms with Gasteiger partial charge >= 0.3 is 11.1 Å². The molecule has 0 spiro atoms. The summed E-state index contributed by atoms with van der Waals surface area (Å²) in [6.45, 7) is 0. The summed E-state index contributed by atoms with van der Waals surface area (Å²) in [5.74, 6) is 0. The first-order valence-electron chi connectivity index (χ1n) is 5.06. The van der Waals surface area contributed by atoms with E-state index < -0.39 is 11.1 Å². The molecule has 2 N–H and O–H groups in total. The molecule has 0 aliphatic carbocycles. The molecule has 0 radical (unpaired) electrons. The van der Waals surface area contributed by atoms with Crippen LogP contribution in [0.15, 0.2) is 27.9 Å². The zero-order chi connectivity index (χ0) is 12.7. The number of benzene rings is 1. The molecule has 0 amide bonds. The Kier molecular flexibility index (Phi) is 2.06. The van der Waals surface area contributed by atoms with Crippen molar-refractivity contribution < 1.29 is 4.79 Å². The summed E-state index contributed by atoms with van der Waals surface area (Å²) in [6.07, 6.45) is 1.89. The zero-order valence-corrected chi connectivity index (χ0v) is 8.93. The quantitative estimate of drug-likeness (QED) is 0.354. The molecule has 0 aliphatic heterocycles. The molecular formula is C11H6N4O3. The second kappa shape index (κ2) is 3.59. The van der Waals surface area contributed by atoms with E-state index in [-0.39, 0.29) is 5.69 Å². The van der Waals surface area contributed by atoms with Crippen molar-refractivity contribution in [1.29, 1.82) is 0 Å². The Bertz CT molecular complexity index is 894. The maximum atomic E-state index is 11.3. The Balaban J connectivity index is 2.53. The van der Waals surface area contributed by atoms with Crippen LogP contribution in [0, 0.1) is 0 Å². The summed E-state index contributed by atoms with van der Waals surface area (Å²) in [5, 5.41) is 0. The summed E-state index contributed by atoms with van der Waals surface area (Å²) in [4.78, 5) is 46.1. The number of nitrogens with zero attached hydrogens (tertiary/aromatic N) is 2. The molecule has 0 fully saturated rings. The lowest BCUT2D eigenvalue weighted by atomic mass is 10.2. The monoisotopic (exact) mass is 242 g/mol. The third-order valence-corrected chi connectivity index (χ3v) is 2.55. The summed E-state index contributed by atoms with van der Waals surface area (Å²) in [6, 6.07) is 3.21. The second-order valence-corrected chi connectivity index (χ2v) is 3.68. The van der Waals surface area contributed by atoms with Crippen molar-refractivity contribution in [3.05, 3.63) is 44.7 Å². The Morgan fingerprint density at radius 1 is 1.11 bits per heavy atom. The maximum Gasteiger partial charge on any atom is 0.314 e. The number of aromatic nitrogens is 4. The summed E-state index contributed by atoms with van der Waals surface area (Å²) in [7, 11) is 0. The second-order valence-electron chi connectivity index (χ2n) is 3.68. The highest BCUT2D eigenvalue weighted by atomic mass is 16.2. The molecule has 88 valence electrons. The van der Waals surface area contributed by atoms with Crippen LogP contribution in [0.5, 0.6) is 0 Å². The highest BCUT2D eigenvalue weighted by Crippen LogP contribution is 2.17. The molecule has 0 saturated heterocycles. The van der Waals surface area contributed by atoms with Crippen molar-refractivity contribution in [2.24, 2.45) is 0 Å². The van der Waals surface area contributed by atoms with Gasteiger partial charge in [-0.2, -0.15) is 0 Å². The fourth-order valence-corrected chi connectivity index (χ4v) is 1.74. The predicted octanol–water partition coefficient (Wildman–Crippen LogP) is -0.0279. The van der Waals surface area contributed by atoms with Gasteiger partial charge in [-0.15, -0.1) is 0 Å². The van der Waals surface area contributed by atoms with Crippen LogP contribution in [-0.2, 0) is 0 Å². The number of H-pyrrole nitrogens is 2. The molecular weight excluding hydrogens is 236 g/mol. The first kappa shape index (κ1) is 10.3. The third-order valence-electron chi connectivity index (χ3n) is 2.55. The fourth-order valence-electron chi connectivity index (χ4n) is 1.74. The normalized spacial score (nSPS) is 10.9. The van der Waals surface area contributed by atoms with E-state index in [1.165, 1.54) is 6.20 Å². The van der Waals surface area contributed by atoms with Gasteiger partial charge in [0.1, 0.15) is 11.2 Å². The van der Waals surface area contributed by atoms with Gasteiger partial charge in [0.2, 0.25) is 0 Å². The molecule has 2 aromatic heterocycles. The van der Waals surface area contributed by atoms with Crippen molar-refractivity contribution in [2.45, 2.75) is 0 Å². The predicted molar refractivity (Wildman–Crippen MR) is 63.7 cm³/mol. The molecule has 0 saturated carbocycles. The molecule has 0 unspecified atom stereocenters. The molecule has 0 aliphatic rings. The Hall–Kier alpha value is -2.83. The molecule has 0 atom stereocenters. The molecule has 3 rings (SSSR count). The first-order valence-corrected chi connectivity index (χ1v) is 5.06. The minimum atomic E-state index is -0.753. The molecule has 2 heterocycles. The number of rotatable bonds is 1. The summed E-state index contributed by atoms with van der Waals surface area (Å²) < 4.78 is 0. The Morgan fingerprint density at radius 2 is 1.89 bits per heavy atom. The van der Waals surface area contributed by atoms with Gasteiger partial charge in [-0.25, -0.2) is 9.97 Å². The zero-order valence-electron chi connectivity index (χ0n) is 8.93. The lowest BCUT2D eigenvalue weighted by molar-refractivity contribution is 0.111. The average molecular weight is 242 g/mol. The van der Waals surface area contributed by atoms with Crippen LogP contribution in [0.4, 0.5) is 0 Å². The van der Waals surface area contributed by atoms with Gasteiger partial charge < -0.3 is 9.97 Å². The van der Waals surface area contributed by atoms with Gasteiger partial charge in [-0.05, 0) is 12.1 Å². The van der Waals surface area contributed by atoms with E-state index in [0.717, 1.165) is 0 Å². The number of hydrogen-bond donors (Lipinski definition) is 2. The lowest BCUT2D eigenvalue weighted by Crippen LogP contribution is -2.29. The number of carbonyl (C=O) groups is 1. The Labute approximate surface area is 98.5 Å².